The van der Waals surface area contributed by atoms with Gasteiger partial charge in [-0.05, 0) is 68.7 Å². The van der Waals surface area contributed by atoms with Crippen molar-refractivity contribution in [2.45, 2.75) is 32.7 Å². The van der Waals surface area contributed by atoms with Crippen molar-refractivity contribution in [1.82, 2.24) is 4.98 Å². The van der Waals surface area contributed by atoms with Gasteiger partial charge in [0.1, 0.15) is 17.3 Å². The van der Waals surface area contributed by atoms with Crippen LogP contribution in [0, 0.1) is 5.82 Å². The van der Waals surface area contributed by atoms with E-state index >= 15 is 0 Å². The van der Waals surface area contributed by atoms with Gasteiger partial charge in [-0.2, -0.15) is 0 Å². The van der Waals surface area contributed by atoms with Crippen LogP contribution < -0.4 is 15.0 Å². The first kappa shape index (κ1) is 21.7. The molecule has 1 aliphatic rings. The molecule has 3 aromatic rings. The first-order valence-electron chi connectivity index (χ1n) is 10.6. The van der Waals surface area contributed by atoms with Crippen LogP contribution in [0.5, 0.6) is 5.75 Å². The Morgan fingerprint density at radius 2 is 2.06 bits per heavy atom. The number of rotatable bonds is 6. The van der Waals surface area contributed by atoms with Gasteiger partial charge in [-0.25, -0.2) is 9.18 Å². The number of hydrogen-bond acceptors (Lipinski definition) is 5. The third-order valence-electron chi connectivity index (χ3n) is 5.78. The summed E-state index contributed by atoms with van der Waals surface area (Å²) in [7, 11) is 1.55. The number of halogens is 1. The number of aromatic nitrogens is 1. The molecule has 32 heavy (non-hydrogen) atoms. The van der Waals surface area contributed by atoms with Crippen molar-refractivity contribution in [3.63, 3.8) is 0 Å². The second-order valence-electron chi connectivity index (χ2n) is 7.84. The van der Waals surface area contributed by atoms with E-state index in [9.17, 15) is 14.0 Å². The Labute approximate surface area is 185 Å². The molecular formula is C24H26FN3O4. The smallest absolute Gasteiger partial charge is 0.356 e. The summed E-state index contributed by atoms with van der Waals surface area (Å²) in [6.45, 7) is 4.04. The zero-order valence-electron chi connectivity index (χ0n) is 18.3. The topological polar surface area (TPSA) is 83.7 Å². The lowest BCUT2D eigenvalue weighted by molar-refractivity contribution is -0.115. The molecule has 1 unspecified atom stereocenters. The summed E-state index contributed by atoms with van der Waals surface area (Å²) in [6, 6.07) is 10.1. The Morgan fingerprint density at radius 3 is 2.81 bits per heavy atom. The molecule has 0 fully saturated rings. The molecule has 168 valence electrons. The van der Waals surface area contributed by atoms with Crippen LogP contribution in [-0.2, 0) is 16.0 Å². The van der Waals surface area contributed by atoms with E-state index in [-0.39, 0.29) is 36.6 Å². The number of anilines is 2. The zero-order chi connectivity index (χ0) is 22.8. The molecule has 1 aliphatic heterocycles. The standard InChI is InChI=1S/C24H26FN3O4/c1-4-32-24(30)23-22(18-12-17(31-3)8-9-19(18)26-23)27-21(29)13-28-14(2)5-6-15-11-16(25)7-10-20(15)28/h7-12,14,26H,4-6,13H2,1-3H3,(H,27,29). The average molecular weight is 439 g/mol. The molecular weight excluding hydrogens is 413 g/mol. The van der Waals surface area contributed by atoms with Gasteiger partial charge in [0.2, 0.25) is 5.91 Å². The van der Waals surface area contributed by atoms with Crippen LogP contribution in [0.2, 0.25) is 0 Å². The summed E-state index contributed by atoms with van der Waals surface area (Å²) >= 11 is 0. The number of ether oxygens (including phenoxy) is 2. The summed E-state index contributed by atoms with van der Waals surface area (Å²) in [5.74, 6) is -0.522. The van der Waals surface area contributed by atoms with Crippen molar-refractivity contribution in [2.75, 3.05) is 30.5 Å². The molecule has 0 spiro atoms. The predicted octanol–water partition coefficient (Wildman–Crippen LogP) is 4.27. The van der Waals surface area contributed by atoms with Crippen molar-refractivity contribution >= 4 is 34.2 Å². The quantitative estimate of drug-likeness (QED) is 0.561. The maximum Gasteiger partial charge on any atom is 0.356 e. The van der Waals surface area contributed by atoms with Crippen LogP contribution in [0.15, 0.2) is 36.4 Å². The largest absolute Gasteiger partial charge is 0.497 e. The van der Waals surface area contributed by atoms with Crippen molar-refractivity contribution in [1.29, 1.82) is 0 Å². The predicted molar refractivity (Wildman–Crippen MR) is 121 cm³/mol. The number of hydrogen-bond donors (Lipinski definition) is 2. The van der Waals surface area contributed by atoms with Gasteiger partial charge in [0.05, 0.1) is 25.9 Å². The Kier molecular flexibility index (Phi) is 6.03. The number of carbonyl (C=O) groups is 2. The number of amides is 1. The number of methoxy groups -OCH3 is 1. The molecule has 0 bridgehead atoms. The van der Waals surface area contributed by atoms with E-state index in [1.807, 2.05) is 11.8 Å². The lowest BCUT2D eigenvalue weighted by atomic mass is 9.96. The summed E-state index contributed by atoms with van der Waals surface area (Å²) in [5, 5.41) is 3.54. The van der Waals surface area contributed by atoms with E-state index in [1.54, 1.807) is 38.3 Å². The minimum absolute atomic E-state index is 0.0682. The molecule has 2 N–H and O–H groups in total. The number of H-pyrrole nitrogens is 1. The maximum absolute atomic E-state index is 13.7. The third-order valence-corrected chi connectivity index (χ3v) is 5.78. The van der Waals surface area contributed by atoms with Gasteiger partial charge < -0.3 is 24.7 Å². The average Bonchev–Trinajstić information content (AvgIpc) is 3.13. The van der Waals surface area contributed by atoms with E-state index in [0.717, 1.165) is 24.1 Å². The molecule has 4 rings (SSSR count). The number of fused-ring (bicyclic) bond motifs is 2. The summed E-state index contributed by atoms with van der Waals surface area (Å²) in [4.78, 5) is 30.6. The van der Waals surface area contributed by atoms with E-state index < -0.39 is 5.97 Å². The molecule has 8 heteroatoms. The Bertz CT molecular complexity index is 1170. The summed E-state index contributed by atoms with van der Waals surface area (Å²) in [5.41, 5.74) is 2.95. The maximum atomic E-state index is 13.7. The van der Waals surface area contributed by atoms with Crippen molar-refractivity contribution < 1.29 is 23.5 Å². The van der Waals surface area contributed by atoms with Crippen molar-refractivity contribution in [3.05, 3.63) is 53.5 Å². The molecule has 2 aromatic carbocycles. The van der Waals surface area contributed by atoms with Crippen LogP contribution in [0.3, 0.4) is 0 Å². The van der Waals surface area contributed by atoms with Crippen LogP contribution in [-0.4, -0.2) is 43.2 Å². The first-order valence-corrected chi connectivity index (χ1v) is 10.6. The molecule has 0 radical (unpaired) electrons. The second kappa shape index (κ2) is 8.90. The Balaban J connectivity index is 1.65. The van der Waals surface area contributed by atoms with Gasteiger partial charge in [-0.15, -0.1) is 0 Å². The summed E-state index contributed by atoms with van der Waals surface area (Å²) in [6.07, 6.45) is 1.59. The Hall–Kier alpha value is -3.55. The summed E-state index contributed by atoms with van der Waals surface area (Å²) < 4.78 is 24.1. The lowest BCUT2D eigenvalue weighted by Crippen LogP contribution is -2.42. The first-order chi connectivity index (χ1) is 15.4. The normalized spacial score (nSPS) is 15.4. The highest BCUT2D eigenvalue weighted by Gasteiger charge is 2.27. The minimum Gasteiger partial charge on any atom is -0.497 e. The number of nitrogens with zero attached hydrogens (tertiary/aromatic N) is 1. The van der Waals surface area contributed by atoms with Gasteiger partial charge >= 0.3 is 5.97 Å². The van der Waals surface area contributed by atoms with Gasteiger partial charge in [0.25, 0.3) is 0 Å². The molecule has 1 aromatic heterocycles. The molecule has 1 amide bonds. The highest BCUT2D eigenvalue weighted by Crippen LogP contribution is 2.33. The van der Waals surface area contributed by atoms with Crippen molar-refractivity contribution in [2.24, 2.45) is 0 Å². The highest BCUT2D eigenvalue weighted by atomic mass is 19.1. The third kappa shape index (κ3) is 4.12. The van der Waals surface area contributed by atoms with E-state index in [2.05, 4.69) is 10.3 Å². The minimum atomic E-state index is -0.551. The SMILES string of the molecule is CCOC(=O)c1[nH]c2ccc(OC)cc2c1NC(=O)CN1c2ccc(F)cc2CCC1C. The van der Waals surface area contributed by atoms with Gasteiger partial charge in [0.15, 0.2) is 0 Å². The van der Waals surface area contributed by atoms with E-state index in [1.165, 1.54) is 12.1 Å². The monoisotopic (exact) mass is 439 g/mol. The lowest BCUT2D eigenvalue weighted by Gasteiger charge is -2.36. The number of nitrogens with one attached hydrogen (secondary N) is 2. The van der Waals surface area contributed by atoms with Gasteiger partial charge in [-0.1, -0.05) is 0 Å². The molecule has 0 aliphatic carbocycles. The number of esters is 1. The van der Waals surface area contributed by atoms with E-state index in [0.29, 0.717) is 22.3 Å². The van der Waals surface area contributed by atoms with Crippen LogP contribution in [0.1, 0.15) is 36.3 Å². The fourth-order valence-electron chi connectivity index (χ4n) is 4.15. The molecule has 0 saturated heterocycles. The number of benzene rings is 2. The molecule has 2 heterocycles. The van der Waals surface area contributed by atoms with Crippen LogP contribution in [0.4, 0.5) is 15.8 Å². The van der Waals surface area contributed by atoms with Gasteiger partial charge in [0, 0.05) is 22.6 Å². The van der Waals surface area contributed by atoms with Crippen LogP contribution >= 0.6 is 0 Å². The van der Waals surface area contributed by atoms with Gasteiger partial charge in [-0.3, -0.25) is 4.79 Å². The fraction of sp³-hybridized carbons (Fsp3) is 0.333. The Morgan fingerprint density at radius 1 is 1.25 bits per heavy atom. The van der Waals surface area contributed by atoms with E-state index in [4.69, 9.17) is 9.47 Å². The number of carbonyl (C=O) groups excluding carboxylic acids is 2. The van der Waals surface area contributed by atoms with Crippen LogP contribution in [0.25, 0.3) is 10.9 Å². The molecule has 1 atom stereocenters. The zero-order valence-corrected chi connectivity index (χ0v) is 18.3. The number of aromatic amines is 1. The molecule has 7 nitrogen and oxygen atoms in total. The fourth-order valence-corrected chi connectivity index (χ4v) is 4.15. The van der Waals surface area contributed by atoms with Crippen molar-refractivity contribution in [3.8, 4) is 5.75 Å². The highest BCUT2D eigenvalue weighted by molar-refractivity contribution is 6.11. The second-order valence-corrected chi connectivity index (χ2v) is 7.84. The molecule has 0 saturated carbocycles. The number of aryl methyl sites for hydroxylation is 1.